The molecule has 3 aromatic rings. The van der Waals surface area contributed by atoms with Gasteiger partial charge in [-0.05, 0) is 31.2 Å². The number of hydrogen-bond acceptors (Lipinski definition) is 4. The van der Waals surface area contributed by atoms with Crippen molar-refractivity contribution < 1.29 is 4.79 Å². The van der Waals surface area contributed by atoms with E-state index in [0.717, 1.165) is 16.6 Å². The molecule has 3 N–H and O–H groups in total. The zero-order valence-electron chi connectivity index (χ0n) is 11.5. The summed E-state index contributed by atoms with van der Waals surface area (Å²) in [6.07, 6.45) is 1.51. The van der Waals surface area contributed by atoms with Crippen molar-refractivity contribution in [3.8, 4) is 0 Å². The van der Waals surface area contributed by atoms with Crippen molar-refractivity contribution in [2.75, 3.05) is 11.1 Å². The highest BCUT2D eigenvalue weighted by Crippen LogP contribution is 2.22. The molecule has 0 aliphatic rings. The number of anilines is 2. The number of para-hydroxylation sites is 1. The van der Waals surface area contributed by atoms with E-state index in [9.17, 15) is 4.79 Å². The highest BCUT2D eigenvalue weighted by Gasteiger charge is 2.09. The Hall–Kier alpha value is -2.95. The number of nitrogen functional groups attached to an aromatic ring is 1. The topological polar surface area (TPSA) is 80.9 Å². The number of nitrogens with one attached hydrogen (secondary N) is 1. The van der Waals surface area contributed by atoms with Crippen LogP contribution in [0.4, 0.5) is 11.5 Å². The van der Waals surface area contributed by atoms with E-state index >= 15 is 0 Å². The summed E-state index contributed by atoms with van der Waals surface area (Å²) < 4.78 is 0. The number of nitrogens with two attached hydrogens (primary N) is 1. The minimum Gasteiger partial charge on any atom is -0.384 e. The summed E-state index contributed by atoms with van der Waals surface area (Å²) in [5.41, 5.74) is 8.41. The highest BCUT2D eigenvalue weighted by molar-refractivity contribution is 6.08. The number of hydrogen-bond donors (Lipinski definition) is 2. The first kappa shape index (κ1) is 13.1. The lowest BCUT2D eigenvalue weighted by molar-refractivity contribution is 0.102. The summed E-state index contributed by atoms with van der Waals surface area (Å²) in [4.78, 5) is 20.6. The second-order valence-corrected chi connectivity index (χ2v) is 4.75. The maximum Gasteiger partial charge on any atom is 0.255 e. The van der Waals surface area contributed by atoms with E-state index in [-0.39, 0.29) is 5.91 Å². The van der Waals surface area contributed by atoms with Crippen LogP contribution in [0.1, 0.15) is 16.1 Å². The number of fused-ring (bicyclic) bond motifs is 1. The lowest BCUT2D eigenvalue weighted by atomic mass is 10.1. The third kappa shape index (κ3) is 2.67. The molecule has 5 nitrogen and oxygen atoms in total. The molecule has 5 heteroatoms. The average Bonchev–Trinajstić information content (AvgIpc) is 2.48. The third-order valence-electron chi connectivity index (χ3n) is 3.15. The first-order valence-electron chi connectivity index (χ1n) is 6.53. The fourth-order valence-corrected chi connectivity index (χ4v) is 2.13. The fourth-order valence-electron chi connectivity index (χ4n) is 2.13. The molecule has 21 heavy (non-hydrogen) atoms. The quantitative estimate of drug-likeness (QED) is 0.755. The van der Waals surface area contributed by atoms with E-state index in [1.165, 1.54) is 6.20 Å². The van der Waals surface area contributed by atoms with Gasteiger partial charge in [-0.15, -0.1) is 0 Å². The van der Waals surface area contributed by atoms with Crippen molar-refractivity contribution in [2.45, 2.75) is 6.92 Å². The molecular formula is C16H14N4O. The Balaban J connectivity index is 1.98. The Labute approximate surface area is 121 Å². The van der Waals surface area contributed by atoms with Gasteiger partial charge in [0.15, 0.2) is 0 Å². The first-order chi connectivity index (χ1) is 10.1. The van der Waals surface area contributed by atoms with Gasteiger partial charge in [0.25, 0.3) is 5.91 Å². The second kappa shape index (κ2) is 5.20. The average molecular weight is 278 g/mol. The zero-order chi connectivity index (χ0) is 14.8. The van der Waals surface area contributed by atoms with Crippen molar-refractivity contribution in [3.05, 3.63) is 59.9 Å². The van der Waals surface area contributed by atoms with Gasteiger partial charge in [-0.2, -0.15) is 0 Å². The number of aryl methyl sites for hydroxylation is 1. The number of rotatable bonds is 2. The van der Waals surface area contributed by atoms with Gasteiger partial charge < -0.3 is 11.1 Å². The normalized spacial score (nSPS) is 10.5. The molecule has 0 spiro atoms. The highest BCUT2D eigenvalue weighted by atomic mass is 16.1. The monoisotopic (exact) mass is 278 g/mol. The number of carbonyl (C=O) groups excluding carboxylic acids is 1. The molecule has 0 unspecified atom stereocenters. The van der Waals surface area contributed by atoms with Crippen LogP contribution in [0, 0.1) is 6.92 Å². The lowest BCUT2D eigenvalue weighted by Crippen LogP contribution is -2.13. The summed E-state index contributed by atoms with van der Waals surface area (Å²) in [5, 5.41) is 3.85. The Kier molecular flexibility index (Phi) is 3.23. The van der Waals surface area contributed by atoms with E-state index < -0.39 is 0 Å². The van der Waals surface area contributed by atoms with Crippen LogP contribution in [0.5, 0.6) is 0 Å². The van der Waals surface area contributed by atoms with Crippen LogP contribution in [0.3, 0.4) is 0 Å². The molecule has 3 rings (SSSR count). The molecule has 2 heterocycles. The Morgan fingerprint density at radius 1 is 1.19 bits per heavy atom. The van der Waals surface area contributed by atoms with E-state index in [1.807, 2.05) is 37.3 Å². The number of aromatic nitrogens is 2. The molecule has 104 valence electrons. The minimum atomic E-state index is -0.236. The van der Waals surface area contributed by atoms with Crippen LogP contribution in [0.2, 0.25) is 0 Å². The molecule has 2 aromatic heterocycles. The number of benzene rings is 1. The van der Waals surface area contributed by atoms with Crippen molar-refractivity contribution in [3.63, 3.8) is 0 Å². The fraction of sp³-hybridized carbons (Fsp3) is 0.0625. The van der Waals surface area contributed by atoms with Gasteiger partial charge in [-0.3, -0.25) is 9.78 Å². The van der Waals surface area contributed by atoms with Gasteiger partial charge >= 0.3 is 0 Å². The Morgan fingerprint density at radius 3 is 2.86 bits per heavy atom. The predicted molar refractivity (Wildman–Crippen MR) is 83.1 cm³/mol. The first-order valence-corrected chi connectivity index (χ1v) is 6.53. The molecule has 0 saturated carbocycles. The van der Waals surface area contributed by atoms with Crippen LogP contribution in [0.15, 0.2) is 48.7 Å². The maximum atomic E-state index is 12.3. The molecule has 0 radical (unpaired) electrons. The number of carbonyl (C=O) groups is 1. The molecule has 0 aliphatic heterocycles. The smallest absolute Gasteiger partial charge is 0.255 e. The van der Waals surface area contributed by atoms with Gasteiger partial charge in [0, 0.05) is 22.8 Å². The number of nitrogens with zero attached hydrogens (tertiary/aromatic N) is 2. The molecule has 0 fully saturated rings. The predicted octanol–water partition coefficient (Wildman–Crippen LogP) is 2.77. The molecule has 1 amide bonds. The Bertz CT molecular complexity index is 829. The van der Waals surface area contributed by atoms with Crippen molar-refractivity contribution in [1.82, 2.24) is 9.97 Å². The molecule has 0 aliphatic carbocycles. The Morgan fingerprint density at radius 2 is 2.05 bits per heavy atom. The molecular weight excluding hydrogens is 264 g/mol. The minimum absolute atomic E-state index is 0.236. The van der Waals surface area contributed by atoms with E-state index in [0.29, 0.717) is 17.1 Å². The molecule has 0 saturated heterocycles. The van der Waals surface area contributed by atoms with Gasteiger partial charge in [-0.25, -0.2) is 4.98 Å². The third-order valence-corrected chi connectivity index (χ3v) is 3.15. The zero-order valence-corrected chi connectivity index (χ0v) is 11.5. The molecule has 0 atom stereocenters. The standard InChI is InChI=1S/C16H14N4O/c1-10-5-6-11-3-2-4-13(15(11)19-10)20-16(21)12-7-8-18-14(17)9-12/h2-9H,1H3,(H2,17,18)(H,20,21). The van der Waals surface area contributed by atoms with E-state index in [1.54, 1.807) is 12.1 Å². The SMILES string of the molecule is Cc1ccc2cccc(NC(=O)c3ccnc(N)c3)c2n1. The van der Waals surface area contributed by atoms with E-state index in [2.05, 4.69) is 15.3 Å². The van der Waals surface area contributed by atoms with Crippen LogP contribution in [0.25, 0.3) is 10.9 Å². The number of amides is 1. The van der Waals surface area contributed by atoms with Crippen molar-refractivity contribution >= 4 is 28.3 Å². The van der Waals surface area contributed by atoms with Crippen molar-refractivity contribution in [1.29, 1.82) is 0 Å². The second-order valence-electron chi connectivity index (χ2n) is 4.75. The molecule has 1 aromatic carbocycles. The van der Waals surface area contributed by atoms with Crippen LogP contribution in [-0.4, -0.2) is 15.9 Å². The van der Waals surface area contributed by atoms with Gasteiger partial charge in [0.05, 0.1) is 11.2 Å². The summed E-state index contributed by atoms with van der Waals surface area (Å²) in [5.74, 6) is 0.0782. The van der Waals surface area contributed by atoms with Crippen LogP contribution < -0.4 is 11.1 Å². The lowest BCUT2D eigenvalue weighted by Gasteiger charge is -2.09. The summed E-state index contributed by atoms with van der Waals surface area (Å²) >= 11 is 0. The van der Waals surface area contributed by atoms with Gasteiger partial charge in [0.2, 0.25) is 0 Å². The summed E-state index contributed by atoms with van der Waals surface area (Å²) in [6, 6.07) is 12.8. The van der Waals surface area contributed by atoms with Gasteiger partial charge in [-0.1, -0.05) is 18.2 Å². The van der Waals surface area contributed by atoms with E-state index in [4.69, 9.17) is 5.73 Å². The van der Waals surface area contributed by atoms with Crippen molar-refractivity contribution in [2.24, 2.45) is 0 Å². The molecule has 0 bridgehead atoms. The summed E-state index contributed by atoms with van der Waals surface area (Å²) in [7, 11) is 0. The summed E-state index contributed by atoms with van der Waals surface area (Å²) in [6.45, 7) is 1.92. The largest absolute Gasteiger partial charge is 0.384 e. The van der Waals surface area contributed by atoms with Crippen LogP contribution >= 0.6 is 0 Å². The van der Waals surface area contributed by atoms with Gasteiger partial charge in [0.1, 0.15) is 5.82 Å². The number of pyridine rings is 2. The van der Waals surface area contributed by atoms with Crippen LogP contribution in [-0.2, 0) is 0 Å². The maximum absolute atomic E-state index is 12.3.